The maximum atomic E-state index is 6.04. The molecule has 3 atom stereocenters. The molecule has 1 aliphatic heterocycles. The standard InChI is InChI=1S/C12H22N2/c1-11(2)7-14(8-11)12(6-13)4-3-9-5-10(9)12/h9-10H,3-8,13H2,1-2H3. The highest BCUT2D eigenvalue weighted by molar-refractivity contribution is 5.16. The Morgan fingerprint density at radius 1 is 1.36 bits per heavy atom. The second kappa shape index (κ2) is 2.53. The quantitative estimate of drug-likeness (QED) is 0.721. The van der Waals surface area contributed by atoms with Crippen LogP contribution in [0.5, 0.6) is 0 Å². The fourth-order valence-electron chi connectivity index (χ4n) is 3.92. The van der Waals surface area contributed by atoms with Crippen molar-refractivity contribution < 1.29 is 0 Å². The number of rotatable bonds is 2. The van der Waals surface area contributed by atoms with Gasteiger partial charge in [-0.2, -0.15) is 0 Å². The van der Waals surface area contributed by atoms with E-state index in [9.17, 15) is 0 Å². The topological polar surface area (TPSA) is 29.3 Å². The van der Waals surface area contributed by atoms with Crippen LogP contribution in [0.3, 0.4) is 0 Å². The van der Waals surface area contributed by atoms with Crippen molar-refractivity contribution in [3.8, 4) is 0 Å². The highest BCUT2D eigenvalue weighted by Gasteiger charge is 2.62. The van der Waals surface area contributed by atoms with Gasteiger partial charge in [0, 0.05) is 25.2 Å². The Labute approximate surface area is 86.8 Å². The second-order valence-corrected chi connectivity index (χ2v) is 6.47. The molecule has 3 fully saturated rings. The van der Waals surface area contributed by atoms with Crippen molar-refractivity contribution in [3.05, 3.63) is 0 Å². The maximum Gasteiger partial charge on any atom is 0.0363 e. The van der Waals surface area contributed by atoms with Crippen LogP contribution in [-0.4, -0.2) is 30.1 Å². The summed E-state index contributed by atoms with van der Waals surface area (Å²) < 4.78 is 0. The second-order valence-electron chi connectivity index (χ2n) is 6.47. The molecule has 3 unspecified atom stereocenters. The highest BCUT2D eigenvalue weighted by Crippen LogP contribution is 2.61. The summed E-state index contributed by atoms with van der Waals surface area (Å²) in [7, 11) is 0. The molecule has 3 aliphatic rings. The van der Waals surface area contributed by atoms with E-state index in [1.807, 2.05) is 0 Å². The first-order valence-electron chi connectivity index (χ1n) is 6.03. The van der Waals surface area contributed by atoms with E-state index in [0.717, 1.165) is 18.4 Å². The Hall–Kier alpha value is -0.0800. The van der Waals surface area contributed by atoms with E-state index >= 15 is 0 Å². The number of fused-ring (bicyclic) bond motifs is 1. The van der Waals surface area contributed by atoms with Crippen molar-refractivity contribution in [2.24, 2.45) is 23.0 Å². The maximum absolute atomic E-state index is 6.04. The molecule has 0 radical (unpaired) electrons. The van der Waals surface area contributed by atoms with Gasteiger partial charge in [-0.25, -0.2) is 0 Å². The first kappa shape index (κ1) is 9.17. The average Bonchev–Trinajstić information content (AvgIpc) is 2.78. The summed E-state index contributed by atoms with van der Waals surface area (Å²) in [6.07, 6.45) is 4.28. The van der Waals surface area contributed by atoms with Gasteiger partial charge in [0.1, 0.15) is 0 Å². The van der Waals surface area contributed by atoms with Crippen LogP contribution in [0.2, 0.25) is 0 Å². The molecule has 2 saturated carbocycles. The van der Waals surface area contributed by atoms with Crippen molar-refractivity contribution in [2.45, 2.75) is 38.6 Å². The number of hydrogen-bond donors (Lipinski definition) is 1. The minimum atomic E-state index is 0.431. The molecule has 0 spiro atoms. The zero-order valence-electron chi connectivity index (χ0n) is 9.42. The highest BCUT2D eigenvalue weighted by atomic mass is 15.3. The van der Waals surface area contributed by atoms with Gasteiger partial charge in [-0.1, -0.05) is 13.8 Å². The van der Waals surface area contributed by atoms with Gasteiger partial charge in [0.05, 0.1) is 0 Å². The van der Waals surface area contributed by atoms with E-state index < -0.39 is 0 Å². The van der Waals surface area contributed by atoms with Gasteiger partial charge in [0.2, 0.25) is 0 Å². The lowest BCUT2D eigenvalue weighted by molar-refractivity contribution is -0.0639. The van der Waals surface area contributed by atoms with Crippen LogP contribution < -0.4 is 5.73 Å². The third-order valence-electron chi connectivity index (χ3n) is 4.78. The van der Waals surface area contributed by atoms with Crippen LogP contribution in [0.25, 0.3) is 0 Å². The molecule has 2 heteroatoms. The molecule has 0 aromatic heterocycles. The molecule has 0 aromatic rings. The van der Waals surface area contributed by atoms with E-state index in [2.05, 4.69) is 18.7 Å². The largest absolute Gasteiger partial charge is 0.329 e. The molecular formula is C12H22N2. The van der Waals surface area contributed by atoms with Crippen molar-refractivity contribution in [1.29, 1.82) is 0 Å². The number of nitrogens with two attached hydrogens (primary N) is 1. The monoisotopic (exact) mass is 194 g/mol. The van der Waals surface area contributed by atoms with Crippen molar-refractivity contribution in [1.82, 2.24) is 4.90 Å². The van der Waals surface area contributed by atoms with E-state index in [1.165, 1.54) is 32.4 Å². The summed E-state index contributed by atoms with van der Waals surface area (Å²) in [4.78, 5) is 2.69. The lowest BCUT2D eigenvalue weighted by Crippen LogP contribution is -2.66. The minimum Gasteiger partial charge on any atom is -0.329 e. The van der Waals surface area contributed by atoms with Gasteiger partial charge >= 0.3 is 0 Å². The average molecular weight is 194 g/mol. The summed E-state index contributed by atoms with van der Waals surface area (Å²) in [5, 5.41) is 0. The van der Waals surface area contributed by atoms with Gasteiger partial charge < -0.3 is 5.73 Å². The minimum absolute atomic E-state index is 0.431. The lowest BCUT2D eigenvalue weighted by Gasteiger charge is -2.56. The molecule has 0 bridgehead atoms. The Morgan fingerprint density at radius 3 is 2.43 bits per heavy atom. The molecule has 0 amide bonds. The Bertz CT molecular complexity index is 253. The molecule has 1 saturated heterocycles. The Kier molecular flexibility index (Phi) is 1.66. The molecule has 2 N–H and O–H groups in total. The molecule has 2 aliphatic carbocycles. The van der Waals surface area contributed by atoms with Crippen LogP contribution in [0.1, 0.15) is 33.1 Å². The molecule has 1 heterocycles. The van der Waals surface area contributed by atoms with Crippen LogP contribution in [0.4, 0.5) is 0 Å². The SMILES string of the molecule is CC1(C)CN(C2(CN)CCC3CC32)C1. The van der Waals surface area contributed by atoms with E-state index in [-0.39, 0.29) is 0 Å². The van der Waals surface area contributed by atoms with Crippen LogP contribution in [0, 0.1) is 17.3 Å². The van der Waals surface area contributed by atoms with Gasteiger partial charge in [-0.3, -0.25) is 4.90 Å². The zero-order chi connectivity index (χ0) is 9.97. The van der Waals surface area contributed by atoms with Gasteiger partial charge in [0.15, 0.2) is 0 Å². The summed E-state index contributed by atoms with van der Waals surface area (Å²) >= 11 is 0. The van der Waals surface area contributed by atoms with Crippen molar-refractivity contribution in [2.75, 3.05) is 19.6 Å². The van der Waals surface area contributed by atoms with Gasteiger partial charge in [0.25, 0.3) is 0 Å². The Morgan fingerprint density at radius 2 is 2.07 bits per heavy atom. The zero-order valence-corrected chi connectivity index (χ0v) is 9.42. The summed E-state index contributed by atoms with van der Waals surface area (Å²) in [6.45, 7) is 8.17. The number of hydrogen-bond acceptors (Lipinski definition) is 2. The van der Waals surface area contributed by atoms with Crippen LogP contribution in [-0.2, 0) is 0 Å². The third kappa shape index (κ3) is 1.04. The first-order valence-corrected chi connectivity index (χ1v) is 6.03. The van der Waals surface area contributed by atoms with Crippen molar-refractivity contribution in [3.63, 3.8) is 0 Å². The van der Waals surface area contributed by atoms with Crippen LogP contribution >= 0.6 is 0 Å². The van der Waals surface area contributed by atoms with E-state index in [4.69, 9.17) is 5.73 Å². The summed E-state index contributed by atoms with van der Waals surface area (Å²) in [6, 6.07) is 0. The predicted molar refractivity (Wildman–Crippen MR) is 58.0 cm³/mol. The summed E-state index contributed by atoms with van der Waals surface area (Å²) in [5.41, 5.74) is 7.02. The Balaban J connectivity index is 1.76. The van der Waals surface area contributed by atoms with E-state index in [0.29, 0.717) is 11.0 Å². The fraction of sp³-hybridized carbons (Fsp3) is 1.00. The third-order valence-corrected chi connectivity index (χ3v) is 4.78. The van der Waals surface area contributed by atoms with E-state index in [1.54, 1.807) is 0 Å². The fourth-order valence-corrected chi connectivity index (χ4v) is 3.92. The number of nitrogens with zero attached hydrogens (tertiary/aromatic N) is 1. The normalized spacial score (nSPS) is 49.9. The van der Waals surface area contributed by atoms with Crippen LogP contribution in [0.15, 0.2) is 0 Å². The summed E-state index contributed by atoms with van der Waals surface area (Å²) in [5.74, 6) is 2.01. The molecule has 3 rings (SSSR count). The van der Waals surface area contributed by atoms with Crippen molar-refractivity contribution >= 4 is 0 Å². The molecule has 2 nitrogen and oxygen atoms in total. The predicted octanol–water partition coefficient (Wildman–Crippen LogP) is 1.46. The molecule has 80 valence electrons. The molecule has 0 aromatic carbocycles. The molecular weight excluding hydrogens is 172 g/mol. The van der Waals surface area contributed by atoms with Gasteiger partial charge in [-0.15, -0.1) is 0 Å². The smallest absolute Gasteiger partial charge is 0.0363 e. The lowest BCUT2D eigenvalue weighted by atomic mass is 9.77. The van der Waals surface area contributed by atoms with Gasteiger partial charge in [-0.05, 0) is 36.5 Å². The number of likely N-dealkylation sites (tertiary alicyclic amines) is 1. The first-order chi connectivity index (χ1) is 6.57. The molecule has 14 heavy (non-hydrogen) atoms.